The molecule has 4 nitrogen and oxygen atoms in total. The molecule has 0 aliphatic carbocycles. The Labute approximate surface area is 615 Å². The molecule has 0 spiro atoms. The average molecular weight is 1400 g/mol. The first-order chi connectivity index (χ1) is 49.3. The topological polar surface area (TPSA) is 95.2 Å². The number of nitriles is 4. The maximum Gasteiger partial charge on any atom is 0.138 e. The smallest absolute Gasteiger partial charge is 0.138 e. The number of benzene rings is 7. The highest BCUT2D eigenvalue weighted by atomic mass is 32.1. The molecule has 0 atom stereocenters. The molecule has 100 heavy (non-hydrogen) atoms. The summed E-state index contributed by atoms with van der Waals surface area (Å²) < 4.78 is 5.31. The summed E-state index contributed by atoms with van der Waals surface area (Å²) in [5.41, 5.74) is 0.0505. The molecular formula is C92H112N4S4. The van der Waals surface area contributed by atoms with Crippen LogP contribution in [0.1, 0.15) is 304 Å². The molecule has 0 fully saturated rings. The molecule has 8 heteroatoms. The van der Waals surface area contributed by atoms with Crippen LogP contribution in [0.15, 0.2) is 72.8 Å². The largest absolute Gasteiger partial charge is 0.192 e. The van der Waals surface area contributed by atoms with Crippen molar-refractivity contribution < 1.29 is 0 Å². The van der Waals surface area contributed by atoms with E-state index < -0.39 is 0 Å². The second-order valence-electron chi connectivity index (χ2n) is 29.8. The number of rotatable bonds is 44. The number of hydrogen-bond acceptors (Lipinski definition) is 8. The van der Waals surface area contributed by atoms with Crippen molar-refractivity contribution in [2.24, 2.45) is 0 Å². The zero-order valence-electron chi connectivity index (χ0n) is 61.5. The summed E-state index contributed by atoms with van der Waals surface area (Å²) in [4.78, 5) is 5.81. The third-order valence-corrected chi connectivity index (χ3v) is 27.0. The molecule has 4 heterocycles. The van der Waals surface area contributed by atoms with Gasteiger partial charge in [0.1, 0.15) is 35.4 Å². The molecule has 0 amide bonds. The van der Waals surface area contributed by atoms with Crippen molar-refractivity contribution in [1.29, 1.82) is 21.0 Å². The van der Waals surface area contributed by atoms with Gasteiger partial charge in [-0.1, -0.05) is 259 Å². The molecule has 11 aromatic rings. The van der Waals surface area contributed by atoms with Crippen molar-refractivity contribution in [3.63, 3.8) is 0 Å². The number of nitrogens with zero attached hydrogens (tertiary/aromatic N) is 4. The van der Waals surface area contributed by atoms with Crippen molar-refractivity contribution in [2.45, 2.75) is 310 Å². The third kappa shape index (κ3) is 18.5. The average Bonchev–Trinajstić information content (AvgIpc) is 1.12. The lowest BCUT2D eigenvalue weighted by atomic mass is 9.89. The van der Waals surface area contributed by atoms with Gasteiger partial charge in [0.2, 0.25) is 0 Å². The van der Waals surface area contributed by atoms with E-state index in [2.05, 4.69) is 125 Å². The lowest BCUT2D eigenvalue weighted by Crippen LogP contribution is -2.18. The van der Waals surface area contributed by atoms with Crippen LogP contribution in [-0.4, -0.2) is 0 Å². The zero-order chi connectivity index (χ0) is 69.4. The molecule has 0 radical (unpaired) electrons. The van der Waals surface area contributed by atoms with E-state index >= 15 is 0 Å². The first kappa shape index (κ1) is 74.8. The van der Waals surface area contributed by atoms with Crippen LogP contribution < -0.4 is 10.4 Å². The van der Waals surface area contributed by atoms with Crippen molar-refractivity contribution >= 4 is 161 Å². The Bertz CT molecular complexity index is 4280. The van der Waals surface area contributed by atoms with E-state index in [-0.39, 0.29) is 11.1 Å². The van der Waals surface area contributed by atoms with Crippen LogP contribution in [0.25, 0.3) is 116 Å². The van der Waals surface area contributed by atoms with E-state index in [1.165, 1.54) is 338 Å². The monoisotopic (exact) mass is 1400 g/mol. The fourth-order valence-corrected chi connectivity index (χ4v) is 21.4. The summed E-state index contributed by atoms with van der Waals surface area (Å²) >= 11 is 7.88. The van der Waals surface area contributed by atoms with Crippen molar-refractivity contribution in [1.82, 2.24) is 0 Å². The summed E-state index contributed by atoms with van der Waals surface area (Å²) in [5, 5.41) is 62.7. The Morgan fingerprint density at radius 3 is 0.560 bits per heavy atom. The van der Waals surface area contributed by atoms with Crippen molar-refractivity contribution in [2.75, 3.05) is 0 Å². The quantitative estimate of drug-likeness (QED) is 0.0281. The molecule has 0 saturated carbocycles. The van der Waals surface area contributed by atoms with Gasteiger partial charge in [0.25, 0.3) is 0 Å². The van der Waals surface area contributed by atoms with Crippen molar-refractivity contribution in [3.8, 4) is 24.3 Å². The lowest BCUT2D eigenvalue weighted by molar-refractivity contribution is 0.557. The SMILES string of the molecule is CCCCCCCCCCCCc1cc2c3cc(CCCCCCCCCCCC)sc3c3cc4cc5c(=C(C#N)C#N)c6cc7cc8c(cc7cc6c(=C(C#N)C#N)c5cc4cc3c2s1)c1sc(CCCCCCCCCCCC)cc1c1cc(CCCCCCCCCCCC)sc18. The molecule has 7 aromatic carbocycles. The highest BCUT2D eigenvalue weighted by Crippen LogP contribution is 2.48. The molecule has 0 aliphatic rings. The van der Waals surface area contributed by atoms with Crippen LogP contribution in [0.2, 0.25) is 0 Å². The summed E-state index contributed by atoms with van der Waals surface area (Å²) in [7, 11) is 0. The molecule has 0 aliphatic heterocycles. The molecule has 4 aromatic heterocycles. The van der Waals surface area contributed by atoms with Gasteiger partial charge in [-0.15, -0.1) is 45.3 Å². The predicted molar refractivity (Wildman–Crippen MR) is 444 cm³/mol. The van der Waals surface area contributed by atoms with E-state index in [1.807, 2.05) is 45.3 Å². The number of unbranched alkanes of at least 4 members (excludes halogenated alkanes) is 36. The van der Waals surface area contributed by atoms with Gasteiger partial charge in [-0.2, -0.15) is 21.0 Å². The summed E-state index contributed by atoms with van der Waals surface area (Å²) in [5.74, 6) is 0. The minimum atomic E-state index is 0.0253. The molecule has 0 saturated heterocycles. The number of hydrogen-bond donors (Lipinski definition) is 0. The van der Waals surface area contributed by atoms with Gasteiger partial charge in [0.15, 0.2) is 0 Å². The van der Waals surface area contributed by atoms with Gasteiger partial charge in [0, 0.05) is 91.8 Å². The van der Waals surface area contributed by atoms with Gasteiger partial charge in [0.05, 0.1) is 0 Å². The van der Waals surface area contributed by atoms with Crippen LogP contribution in [0.4, 0.5) is 0 Å². The minimum Gasteiger partial charge on any atom is -0.192 e. The molecule has 0 bridgehead atoms. The van der Waals surface area contributed by atoms with E-state index in [0.29, 0.717) is 32.0 Å². The van der Waals surface area contributed by atoms with E-state index in [1.54, 1.807) is 0 Å². The second kappa shape index (κ2) is 38.8. The van der Waals surface area contributed by atoms with Crippen LogP contribution in [0.5, 0.6) is 0 Å². The van der Waals surface area contributed by atoms with Gasteiger partial charge < -0.3 is 0 Å². The minimum absolute atomic E-state index is 0.0253. The predicted octanol–water partition coefficient (Wildman–Crippen LogP) is 29.7. The van der Waals surface area contributed by atoms with Gasteiger partial charge in [-0.3, -0.25) is 0 Å². The first-order valence-electron chi connectivity index (χ1n) is 40.2. The lowest BCUT2D eigenvalue weighted by Gasteiger charge is -2.13. The molecular weight excluding hydrogens is 1290 g/mol. The van der Waals surface area contributed by atoms with Crippen molar-refractivity contribution in [3.05, 3.63) is 103 Å². The Morgan fingerprint density at radius 2 is 0.380 bits per heavy atom. The highest BCUT2D eigenvalue weighted by Gasteiger charge is 2.22. The Morgan fingerprint density at radius 1 is 0.220 bits per heavy atom. The standard InChI is InChI=1S/C92H112N4S4/c1-5-9-13-17-21-25-29-33-37-41-45-71-57-83-84-58-72(46-42-38-34-30-26-22-18-14-10-6-2)98-90(84)80-54-66-50-76-75(49-65(66)53-79(80)89(83)97-71)87(69(61-93)62-94)77-51-67-55-81-82(56-68(67)52-78(77)88(76)70(63-95)64-96)92-86(60-74(100-92)48-44-40-36-32-28-24-20-16-12-8-4)85-59-73(99-91(81)85)47-43-39-35-31-27-23-19-15-11-7-3/h49-60H,5-48H2,1-4H3. The fraction of sp³-hybridized carbons (Fsp3) is 0.522. The maximum absolute atomic E-state index is 11.1. The second-order valence-corrected chi connectivity index (χ2v) is 34.3. The van der Waals surface area contributed by atoms with Crippen LogP contribution >= 0.6 is 45.3 Å². The fourth-order valence-electron chi connectivity index (χ4n) is 16.4. The van der Waals surface area contributed by atoms with Crippen LogP contribution in [0, 0.1) is 45.3 Å². The number of thiophene rings is 4. The zero-order valence-corrected chi connectivity index (χ0v) is 64.7. The Hall–Kier alpha value is -6.36. The van der Waals surface area contributed by atoms with E-state index in [9.17, 15) is 21.0 Å². The van der Waals surface area contributed by atoms with Gasteiger partial charge in [-0.05, 0) is 167 Å². The maximum atomic E-state index is 11.1. The van der Waals surface area contributed by atoms with Gasteiger partial charge in [-0.25, -0.2) is 0 Å². The van der Waals surface area contributed by atoms with Crippen LogP contribution in [0.3, 0.4) is 0 Å². The summed E-state index contributed by atoms with van der Waals surface area (Å²) in [6.45, 7) is 9.18. The molecule has 0 unspecified atom stereocenters. The molecule has 11 rings (SSSR count). The molecule has 524 valence electrons. The Balaban J connectivity index is 1.00. The van der Waals surface area contributed by atoms with E-state index in [0.717, 1.165) is 47.2 Å². The third-order valence-electron chi connectivity index (χ3n) is 22.0. The van der Waals surface area contributed by atoms with E-state index in [4.69, 9.17) is 0 Å². The van der Waals surface area contributed by atoms with Gasteiger partial charge >= 0.3 is 0 Å². The first-order valence-corrected chi connectivity index (χ1v) is 43.5. The summed E-state index contributed by atoms with van der Waals surface area (Å²) in [6.07, 6.45) is 57.3. The van der Waals surface area contributed by atoms with Crippen LogP contribution in [-0.2, 0) is 25.7 Å². The highest BCUT2D eigenvalue weighted by molar-refractivity contribution is 7.23. The summed E-state index contributed by atoms with van der Waals surface area (Å²) in [6, 6.07) is 37.7. The normalized spacial score (nSPS) is 11.9. The number of aryl methyl sites for hydroxylation is 4. The Kier molecular flexibility index (Phi) is 29.0. The molecule has 0 N–H and O–H groups in total. The number of fused-ring (bicyclic) bond motifs is 16.